The third kappa shape index (κ3) is 4.53. The van der Waals surface area contributed by atoms with Crippen molar-refractivity contribution in [2.24, 2.45) is 0 Å². The molecule has 0 radical (unpaired) electrons. The minimum Gasteiger partial charge on any atom is -0.455 e. The molecule has 10 aromatic rings. The molecule has 0 aliphatic heterocycles. The molecule has 2 aromatic heterocycles. The van der Waals surface area contributed by atoms with E-state index in [1.165, 1.54) is 50.1 Å². The Morgan fingerprint density at radius 2 is 0.965 bits per heavy atom. The number of fused-ring (bicyclic) bond motifs is 16. The predicted octanol–water partition coefficient (Wildman–Crippen LogP) is 13.1. The van der Waals surface area contributed by atoms with Crippen LogP contribution in [0.4, 0.5) is 0 Å². The Hall–Kier alpha value is -7.43. The lowest BCUT2D eigenvalue weighted by molar-refractivity contribution is 0.669. The fourth-order valence-electron chi connectivity index (χ4n) is 9.63. The van der Waals surface area contributed by atoms with Gasteiger partial charge in [-0.3, -0.25) is 0 Å². The van der Waals surface area contributed by atoms with Crippen molar-refractivity contribution in [2.75, 3.05) is 0 Å². The van der Waals surface area contributed by atoms with Crippen molar-refractivity contribution in [1.29, 1.82) is 0 Å². The maximum atomic E-state index is 6.84. The SMILES string of the molecule is Cc1cccc(-c2nc(-c3ccccc3)nc(-c3ccc4c(c3)C3(c5ccccc5-c5ccccc5-4)c4ccccc4-c4c3ccc3c4oc4ccccc43)n2)c1. The average Bonchev–Trinajstić information content (AvgIpc) is 3.77. The van der Waals surface area contributed by atoms with Gasteiger partial charge >= 0.3 is 0 Å². The molecule has 2 heterocycles. The maximum Gasteiger partial charge on any atom is 0.164 e. The van der Waals surface area contributed by atoms with Crippen molar-refractivity contribution in [3.05, 3.63) is 210 Å². The number of hydrogen-bond donors (Lipinski definition) is 0. The Morgan fingerprint density at radius 3 is 1.72 bits per heavy atom. The first kappa shape index (κ1) is 31.9. The molecule has 0 bridgehead atoms. The topological polar surface area (TPSA) is 51.8 Å². The number of aryl methyl sites for hydroxylation is 1. The van der Waals surface area contributed by atoms with Crippen LogP contribution in [0.3, 0.4) is 0 Å². The molecule has 12 rings (SSSR count). The summed E-state index contributed by atoms with van der Waals surface area (Å²) in [6.45, 7) is 2.10. The van der Waals surface area contributed by atoms with E-state index < -0.39 is 5.41 Å². The fourth-order valence-corrected chi connectivity index (χ4v) is 9.63. The lowest BCUT2D eigenvalue weighted by Gasteiger charge is -2.35. The van der Waals surface area contributed by atoms with Crippen LogP contribution in [0.5, 0.6) is 0 Å². The average molecular weight is 728 g/mol. The highest BCUT2D eigenvalue weighted by atomic mass is 16.3. The molecular weight excluding hydrogens is 695 g/mol. The van der Waals surface area contributed by atoms with Gasteiger partial charge in [0.05, 0.1) is 5.41 Å². The van der Waals surface area contributed by atoms with Gasteiger partial charge in [0.25, 0.3) is 0 Å². The monoisotopic (exact) mass is 727 g/mol. The minimum atomic E-state index is -0.700. The summed E-state index contributed by atoms with van der Waals surface area (Å²) in [6.07, 6.45) is 0. The first-order chi connectivity index (χ1) is 28.2. The zero-order chi connectivity index (χ0) is 37.7. The first-order valence-electron chi connectivity index (χ1n) is 19.4. The molecule has 0 fully saturated rings. The summed E-state index contributed by atoms with van der Waals surface area (Å²) < 4.78 is 6.84. The van der Waals surface area contributed by atoms with E-state index in [2.05, 4.69) is 165 Å². The van der Waals surface area contributed by atoms with E-state index in [0.717, 1.165) is 49.8 Å². The molecule has 0 saturated heterocycles. The zero-order valence-corrected chi connectivity index (χ0v) is 31.1. The smallest absolute Gasteiger partial charge is 0.164 e. The van der Waals surface area contributed by atoms with Crippen LogP contribution in [0.25, 0.3) is 89.5 Å². The van der Waals surface area contributed by atoms with Crippen LogP contribution in [0.1, 0.15) is 27.8 Å². The Labute approximate surface area is 329 Å². The van der Waals surface area contributed by atoms with Crippen LogP contribution >= 0.6 is 0 Å². The van der Waals surface area contributed by atoms with Gasteiger partial charge in [0, 0.05) is 33.0 Å². The fraction of sp³-hybridized carbons (Fsp3) is 0.0377. The standard InChI is InChI=1S/C53H33N3O/c1-32-14-13-17-34(30-32)51-54-50(33-15-3-2-4-16-33)55-52(56-51)35-26-27-39-37-19-6-5-18-36(37)38-20-7-10-23-43(38)53(46(39)31-35)44-24-11-8-22-42(44)48-45(53)29-28-41-40-21-9-12-25-47(40)57-49(41)48/h2-31H,1H3. The summed E-state index contributed by atoms with van der Waals surface area (Å²) in [5, 5.41) is 2.25. The molecule has 4 heteroatoms. The van der Waals surface area contributed by atoms with Crippen LogP contribution in [0.2, 0.25) is 0 Å². The summed E-state index contributed by atoms with van der Waals surface area (Å²) in [6, 6.07) is 65.1. The molecule has 1 unspecified atom stereocenters. The molecule has 266 valence electrons. The van der Waals surface area contributed by atoms with Crippen molar-refractivity contribution >= 4 is 21.9 Å². The van der Waals surface area contributed by atoms with E-state index in [-0.39, 0.29) is 0 Å². The molecule has 1 atom stereocenters. The van der Waals surface area contributed by atoms with Gasteiger partial charge in [-0.2, -0.15) is 0 Å². The normalized spacial score (nSPS) is 14.8. The second kappa shape index (κ2) is 12.0. The van der Waals surface area contributed by atoms with Gasteiger partial charge in [-0.15, -0.1) is 0 Å². The quantitative estimate of drug-likeness (QED) is 0.182. The molecule has 2 aliphatic rings. The number of aromatic nitrogens is 3. The summed E-state index contributed by atoms with van der Waals surface area (Å²) >= 11 is 0. The van der Waals surface area contributed by atoms with Crippen LogP contribution in [0, 0.1) is 6.92 Å². The van der Waals surface area contributed by atoms with Crippen LogP contribution in [-0.2, 0) is 5.41 Å². The van der Waals surface area contributed by atoms with Crippen molar-refractivity contribution < 1.29 is 4.42 Å². The van der Waals surface area contributed by atoms with Gasteiger partial charge < -0.3 is 4.42 Å². The van der Waals surface area contributed by atoms with Crippen molar-refractivity contribution in [2.45, 2.75) is 12.3 Å². The first-order valence-corrected chi connectivity index (χ1v) is 19.4. The Balaban J connectivity index is 1.21. The van der Waals surface area contributed by atoms with E-state index in [0.29, 0.717) is 17.5 Å². The maximum absolute atomic E-state index is 6.84. The number of benzene rings is 8. The molecule has 0 saturated carbocycles. The van der Waals surface area contributed by atoms with E-state index >= 15 is 0 Å². The van der Waals surface area contributed by atoms with Gasteiger partial charge in [-0.1, -0.05) is 169 Å². The van der Waals surface area contributed by atoms with Crippen molar-refractivity contribution in [1.82, 2.24) is 15.0 Å². The number of furan rings is 1. The van der Waals surface area contributed by atoms with E-state index in [4.69, 9.17) is 19.4 Å². The van der Waals surface area contributed by atoms with E-state index in [1.54, 1.807) is 0 Å². The summed E-state index contributed by atoms with van der Waals surface area (Å²) in [4.78, 5) is 15.5. The molecular formula is C53H33N3O. The van der Waals surface area contributed by atoms with Crippen molar-refractivity contribution in [3.63, 3.8) is 0 Å². The number of para-hydroxylation sites is 1. The zero-order valence-electron chi connectivity index (χ0n) is 31.1. The van der Waals surface area contributed by atoms with Crippen LogP contribution < -0.4 is 0 Å². The van der Waals surface area contributed by atoms with Gasteiger partial charge in [0.2, 0.25) is 0 Å². The molecule has 4 nitrogen and oxygen atoms in total. The second-order valence-electron chi connectivity index (χ2n) is 15.2. The Morgan fingerprint density at radius 1 is 0.386 bits per heavy atom. The second-order valence-corrected chi connectivity index (χ2v) is 15.2. The van der Waals surface area contributed by atoms with Crippen molar-refractivity contribution in [3.8, 4) is 67.5 Å². The highest BCUT2D eigenvalue weighted by Crippen LogP contribution is 2.63. The van der Waals surface area contributed by atoms with Gasteiger partial charge in [0.1, 0.15) is 11.2 Å². The molecule has 57 heavy (non-hydrogen) atoms. The molecule has 0 amide bonds. The molecule has 0 N–H and O–H groups in total. The highest BCUT2D eigenvalue weighted by Gasteiger charge is 2.50. The molecule has 8 aromatic carbocycles. The highest BCUT2D eigenvalue weighted by molar-refractivity contribution is 6.13. The van der Waals surface area contributed by atoms with Crippen LogP contribution in [-0.4, -0.2) is 15.0 Å². The van der Waals surface area contributed by atoms with E-state index in [9.17, 15) is 0 Å². The third-order valence-corrected chi connectivity index (χ3v) is 12.0. The van der Waals surface area contributed by atoms with Gasteiger partial charge in [0.15, 0.2) is 17.5 Å². The minimum absolute atomic E-state index is 0.628. The van der Waals surface area contributed by atoms with E-state index in [1.807, 2.05) is 24.3 Å². The number of nitrogens with zero attached hydrogens (tertiary/aromatic N) is 3. The Bertz CT molecular complexity index is 3270. The van der Waals surface area contributed by atoms with Crippen LogP contribution in [0.15, 0.2) is 186 Å². The predicted molar refractivity (Wildman–Crippen MR) is 230 cm³/mol. The van der Waals surface area contributed by atoms with Gasteiger partial charge in [-0.05, 0) is 75.2 Å². The summed E-state index contributed by atoms with van der Waals surface area (Å²) in [5.41, 5.74) is 17.1. The van der Waals surface area contributed by atoms with Gasteiger partial charge in [-0.25, -0.2) is 15.0 Å². The third-order valence-electron chi connectivity index (χ3n) is 12.0. The summed E-state index contributed by atoms with van der Waals surface area (Å²) in [5.74, 6) is 1.91. The lowest BCUT2D eigenvalue weighted by Crippen LogP contribution is -2.29. The molecule has 2 aliphatic carbocycles. The largest absolute Gasteiger partial charge is 0.455 e. The lowest BCUT2D eigenvalue weighted by atomic mass is 9.65. The summed E-state index contributed by atoms with van der Waals surface area (Å²) in [7, 11) is 0. The number of hydrogen-bond acceptors (Lipinski definition) is 4. The Kier molecular flexibility index (Phi) is 6.73. The molecule has 1 spiro atoms. The number of rotatable bonds is 3.